The van der Waals surface area contributed by atoms with E-state index >= 15 is 0 Å². The van der Waals surface area contributed by atoms with Crippen LogP contribution in [0.25, 0.3) is 0 Å². The molecule has 0 saturated heterocycles. The molecule has 1 aromatic rings. The van der Waals surface area contributed by atoms with E-state index < -0.39 is 0 Å². The smallest absolute Gasteiger partial charge is 0.271 e. The maximum atomic E-state index is 12.7. The number of rotatable bonds is 4. The minimum absolute atomic E-state index is 0.0416. The van der Waals surface area contributed by atoms with Crippen LogP contribution in [0, 0.1) is 0 Å². The molecule has 2 amide bonds. The van der Waals surface area contributed by atoms with Gasteiger partial charge in [0.05, 0.1) is 18.8 Å². The van der Waals surface area contributed by atoms with Gasteiger partial charge in [0, 0.05) is 17.3 Å². The summed E-state index contributed by atoms with van der Waals surface area (Å²) >= 11 is 0. The highest BCUT2D eigenvalue weighted by Crippen LogP contribution is 2.48. The molecule has 7 nitrogen and oxygen atoms in total. The van der Waals surface area contributed by atoms with Crippen LogP contribution in [0.5, 0.6) is 0 Å². The zero-order chi connectivity index (χ0) is 18.9. The van der Waals surface area contributed by atoms with E-state index in [0.29, 0.717) is 18.0 Å². The quantitative estimate of drug-likeness (QED) is 0.847. The molecule has 1 aliphatic heterocycles. The van der Waals surface area contributed by atoms with Gasteiger partial charge in [-0.2, -0.15) is 0 Å². The maximum absolute atomic E-state index is 12.7. The highest BCUT2D eigenvalue weighted by Gasteiger charge is 2.52. The fourth-order valence-electron chi connectivity index (χ4n) is 4.66. The van der Waals surface area contributed by atoms with Crippen LogP contribution >= 0.6 is 0 Å². The highest BCUT2D eigenvalue weighted by molar-refractivity contribution is 6.61. The van der Waals surface area contributed by atoms with Crippen LogP contribution in [-0.2, 0) is 4.79 Å². The second-order valence-electron chi connectivity index (χ2n) is 8.07. The summed E-state index contributed by atoms with van der Waals surface area (Å²) in [5.74, 6) is -0.295. The minimum atomic E-state index is -0.274. The lowest BCUT2D eigenvalue weighted by atomic mass is 9.78. The summed E-state index contributed by atoms with van der Waals surface area (Å²) in [6.45, 7) is 2.58. The van der Waals surface area contributed by atoms with Gasteiger partial charge in [-0.25, -0.2) is 0 Å². The Kier molecular flexibility index (Phi) is 4.53. The molecule has 27 heavy (non-hydrogen) atoms. The average molecular weight is 367 g/mol. The standard InChI is InChI=1S/C20H25N5O2/c1-14-11-21-12-16(23-14)18(27)25-20-7-4-6-19(13-20,8-9-20)24-17(26)15-5-2-3-10-22-15/h2-3,5,10,12,14H,4,6-9,11,13H2,1H3,(H,24,26)(H,25,27). The normalized spacial score (nSPS) is 31.9. The molecular formula is C20H25N5O2. The van der Waals surface area contributed by atoms with Crippen LogP contribution in [0.1, 0.15) is 55.9 Å². The maximum Gasteiger partial charge on any atom is 0.271 e. The van der Waals surface area contributed by atoms with Crippen molar-refractivity contribution in [3.05, 3.63) is 30.1 Å². The Morgan fingerprint density at radius 3 is 2.48 bits per heavy atom. The summed E-state index contributed by atoms with van der Waals surface area (Å²) in [5, 5.41) is 6.44. The van der Waals surface area contributed by atoms with Crippen LogP contribution in [0.3, 0.4) is 0 Å². The molecule has 4 rings (SSSR count). The number of carbonyl (C=O) groups excluding carboxylic acids is 2. The van der Waals surface area contributed by atoms with E-state index in [0.717, 1.165) is 38.5 Å². The number of fused-ring (bicyclic) bond motifs is 2. The first-order chi connectivity index (χ1) is 13.0. The Labute approximate surface area is 158 Å². The van der Waals surface area contributed by atoms with E-state index in [1.54, 1.807) is 24.5 Å². The molecule has 1 aromatic heterocycles. The summed E-state index contributed by atoms with van der Waals surface area (Å²) in [6.07, 6.45) is 8.51. The van der Waals surface area contributed by atoms with Crippen LogP contribution in [-0.4, -0.2) is 52.4 Å². The molecule has 2 N–H and O–H groups in total. The second-order valence-corrected chi connectivity index (χ2v) is 8.07. The predicted octanol–water partition coefficient (Wildman–Crippen LogP) is 1.69. The van der Waals surface area contributed by atoms with Crippen molar-refractivity contribution >= 4 is 23.7 Å². The van der Waals surface area contributed by atoms with Crippen molar-refractivity contribution in [1.29, 1.82) is 0 Å². The zero-order valence-electron chi connectivity index (χ0n) is 15.6. The minimum Gasteiger partial charge on any atom is -0.345 e. The lowest BCUT2D eigenvalue weighted by molar-refractivity contribution is -0.116. The molecule has 3 aliphatic rings. The third kappa shape index (κ3) is 3.63. The molecule has 2 saturated carbocycles. The zero-order valence-corrected chi connectivity index (χ0v) is 15.6. The van der Waals surface area contributed by atoms with E-state index in [1.807, 2.05) is 13.0 Å². The lowest BCUT2D eigenvalue weighted by Gasteiger charge is -2.40. The van der Waals surface area contributed by atoms with Crippen molar-refractivity contribution < 1.29 is 9.59 Å². The Bertz CT molecular complexity index is 806. The SMILES string of the molecule is CC1CN=CC(C(=O)NC23CCCC(NC(=O)c4ccccn4)(CC2)C3)=N1. The first kappa shape index (κ1) is 17.8. The number of nitrogens with one attached hydrogen (secondary N) is 2. The van der Waals surface area contributed by atoms with Crippen LogP contribution < -0.4 is 10.6 Å². The Morgan fingerprint density at radius 1 is 1.07 bits per heavy atom. The van der Waals surface area contributed by atoms with E-state index in [4.69, 9.17) is 0 Å². The monoisotopic (exact) mass is 367 g/mol. The van der Waals surface area contributed by atoms with Crippen molar-refractivity contribution in [1.82, 2.24) is 15.6 Å². The van der Waals surface area contributed by atoms with Crippen molar-refractivity contribution in [2.45, 2.75) is 62.6 Å². The van der Waals surface area contributed by atoms with Crippen molar-refractivity contribution in [2.24, 2.45) is 9.98 Å². The molecule has 0 spiro atoms. The molecule has 2 fully saturated rings. The number of pyridine rings is 1. The molecule has 3 atom stereocenters. The number of hydrogen-bond donors (Lipinski definition) is 2. The predicted molar refractivity (Wildman–Crippen MR) is 103 cm³/mol. The molecule has 0 aromatic carbocycles. The molecule has 0 radical (unpaired) electrons. The fraction of sp³-hybridized carbons (Fsp3) is 0.550. The van der Waals surface area contributed by atoms with Gasteiger partial charge in [0.1, 0.15) is 11.4 Å². The number of hydrogen-bond acceptors (Lipinski definition) is 5. The largest absolute Gasteiger partial charge is 0.345 e. The topological polar surface area (TPSA) is 95.8 Å². The van der Waals surface area contributed by atoms with Gasteiger partial charge in [0.15, 0.2) is 0 Å². The average Bonchev–Trinajstić information content (AvgIpc) is 2.92. The van der Waals surface area contributed by atoms with Gasteiger partial charge >= 0.3 is 0 Å². The first-order valence-electron chi connectivity index (χ1n) is 9.63. The fourth-order valence-corrected chi connectivity index (χ4v) is 4.66. The van der Waals surface area contributed by atoms with Gasteiger partial charge in [0.2, 0.25) is 0 Å². The Balaban J connectivity index is 1.46. The highest BCUT2D eigenvalue weighted by atomic mass is 16.2. The summed E-state index contributed by atoms with van der Waals surface area (Å²) in [6, 6.07) is 5.37. The molecule has 142 valence electrons. The summed E-state index contributed by atoms with van der Waals surface area (Å²) in [4.78, 5) is 38.1. The van der Waals surface area contributed by atoms with Gasteiger partial charge in [-0.05, 0) is 57.6 Å². The number of aliphatic imine (C=N–C) groups is 2. The number of aromatic nitrogens is 1. The van der Waals surface area contributed by atoms with E-state index in [1.165, 1.54) is 0 Å². The van der Waals surface area contributed by atoms with Gasteiger partial charge in [-0.15, -0.1) is 0 Å². The van der Waals surface area contributed by atoms with Crippen molar-refractivity contribution in [3.8, 4) is 0 Å². The van der Waals surface area contributed by atoms with Gasteiger partial charge < -0.3 is 10.6 Å². The molecule has 2 heterocycles. The summed E-state index contributed by atoms with van der Waals surface area (Å²) < 4.78 is 0. The van der Waals surface area contributed by atoms with Gasteiger partial charge in [0.25, 0.3) is 11.8 Å². The number of carbonyl (C=O) groups is 2. The molecule has 3 unspecified atom stereocenters. The molecule has 2 aliphatic carbocycles. The van der Waals surface area contributed by atoms with Gasteiger partial charge in [-0.1, -0.05) is 6.07 Å². The summed E-state index contributed by atoms with van der Waals surface area (Å²) in [5.41, 5.74) is 0.295. The molecule has 7 heteroatoms. The lowest BCUT2D eigenvalue weighted by Crippen LogP contribution is -2.56. The second kappa shape index (κ2) is 6.87. The molecule has 2 bridgehead atoms. The van der Waals surface area contributed by atoms with E-state index in [-0.39, 0.29) is 28.9 Å². The van der Waals surface area contributed by atoms with Crippen LogP contribution in [0.4, 0.5) is 0 Å². The third-order valence-corrected chi connectivity index (χ3v) is 5.90. The van der Waals surface area contributed by atoms with E-state index in [9.17, 15) is 9.59 Å². The van der Waals surface area contributed by atoms with E-state index in [2.05, 4.69) is 25.6 Å². The number of amides is 2. The molecular weight excluding hydrogens is 342 g/mol. The first-order valence-corrected chi connectivity index (χ1v) is 9.63. The van der Waals surface area contributed by atoms with Crippen LogP contribution in [0.2, 0.25) is 0 Å². The number of nitrogens with zero attached hydrogens (tertiary/aromatic N) is 3. The summed E-state index contributed by atoms with van der Waals surface area (Å²) in [7, 11) is 0. The van der Waals surface area contributed by atoms with Crippen LogP contribution in [0.15, 0.2) is 34.4 Å². The van der Waals surface area contributed by atoms with Crippen molar-refractivity contribution in [3.63, 3.8) is 0 Å². The Morgan fingerprint density at radius 2 is 1.81 bits per heavy atom. The third-order valence-electron chi connectivity index (χ3n) is 5.90. The van der Waals surface area contributed by atoms with Gasteiger partial charge in [-0.3, -0.25) is 24.6 Å². The van der Waals surface area contributed by atoms with Crippen molar-refractivity contribution in [2.75, 3.05) is 6.54 Å². The Hall–Kier alpha value is -2.57.